The molecule has 1 saturated heterocycles. The molecule has 4 nitrogen and oxygen atoms in total. The fourth-order valence-electron chi connectivity index (χ4n) is 2.77. The Morgan fingerprint density at radius 1 is 1.57 bits per heavy atom. The van der Waals surface area contributed by atoms with E-state index < -0.39 is 22.7 Å². The molecule has 3 atom stereocenters. The lowest BCUT2D eigenvalue weighted by molar-refractivity contribution is -0.315. The summed E-state index contributed by atoms with van der Waals surface area (Å²) in [6, 6.07) is 0. The first-order chi connectivity index (χ1) is 6.42. The van der Waals surface area contributed by atoms with E-state index in [1.165, 1.54) is 0 Å². The predicted octanol–water partition coefficient (Wildman–Crippen LogP) is -0.284. The van der Waals surface area contributed by atoms with E-state index in [0.29, 0.717) is 12.8 Å². The van der Waals surface area contributed by atoms with E-state index in [1.807, 2.05) is 6.92 Å². The largest absolute Gasteiger partial charge is 0.550 e. The fraction of sp³-hybridized carbons (Fsp3) is 0.800. The maximum atomic E-state index is 11.5. The smallest absolute Gasteiger partial charge is 0.312 e. The number of aliphatic carboxylic acids is 1. The average Bonchev–Trinajstić information content (AvgIpc) is 2.47. The van der Waals surface area contributed by atoms with Crippen molar-refractivity contribution >= 4 is 11.9 Å². The van der Waals surface area contributed by atoms with Gasteiger partial charge in [0.25, 0.3) is 0 Å². The first-order valence-electron chi connectivity index (χ1n) is 4.80. The van der Waals surface area contributed by atoms with E-state index in [-0.39, 0.29) is 12.6 Å². The summed E-state index contributed by atoms with van der Waals surface area (Å²) in [6.45, 7) is 3.82. The van der Waals surface area contributed by atoms with Gasteiger partial charge in [-0.2, -0.15) is 0 Å². The Morgan fingerprint density at radius 2 is 2.21 bits per heavy atom. The summed E-state index contributed by atoms with van der Waals surface area (Å²) in [5.41, 5.74) is -1.21. The molecule has 1 saturated carbocycles. The zero-order chi connectivity index (χ0) is 10.6. The first kappa shape index (κ1) is 9.49. The molecule has 0 aromatic rings. The summed E-state index contributed by atoms with van der Waals surface area (Å²) in [6.07, 6.45) is 1.10. The number of ether oxygens (including phenoxy) is 1. The number of hydrogen-bond donors (Lipinski definition) is 0. The minimum atomic E-state index is -1.06. The second-order valence-corrected chi connectivity index (χ2v) is 4.74. The van der Waals surface area contributed by atoms with E-state index in [1.54, 1.807) is 6.92 Å². The predicted molar refractivity (Wildman–Crippen MR) is 44.9 cm³/mol. The number of carbonyl (C=O) groups is 2. The molecule has 2 aliphatic rings. The molecule has 0 N–H and O–H groups in total. The highest BCUT2D eigenvalue weighted by Crippen LogP contribution is 2.59. The number of carboxylic acid groups (broad SMARTS) is 1. The topological polar surface area (TPSA) is 66.4 Å². The lowest BCUT2D eigenvalue weighted by Crippen LogP contribution is -2.44. The normalized spacial score (nSPS) is 46.1. The fourth-order valence-corrected chi connectivity index (χ4v) is 2.77. The van der Waals surface area contributed by atoms with Gasteiger partial charge in [0.15, 0.2) is 0 Å². The van der Waals surface area contributed by atoms with Gasteiger partial charge in [-0.25, -0.2) is 0 Å². The van der Waals surface area contributed by atoms with Crippen molar-refractivity contribution in [3.8, 4) is 0 Å². The van der Waals surface area contributed by atoms with Crippen molar-refractivity contribution in [2.75, 3.05) is 6.61 Å². The Morgan fingerprint density at radius 3 is 2.79 bits per heavy atom. The van der Waals surface area contributed by atoms with Crippen LogP contribution in [0.5, 0.6) is 0 Å². The van der Waals surface area contributed by atoms with Crippen molar-refractivity contribution in [2.24, 2.45) is 16.7 Å². The van der Waals surface area contributed by atoms with Gasteiger partial charge in [0.2, 0.25) is 0 Å². The highest BCUT2D eigenvalue weighted by atomic mass is 16.5. The van der Waals surface area contributed by atoms with Crippen LogP contribution in [0.4, 0.5) is 0 Å². The molecular formula is C10H13O4-. The summed E-state index contributed by atoms with van der Waals surface area (Å²) in [7, 11) is 0. The van der Waals surface area contributed by atoms with Gasteiger partial charge in [-0.1, -0.05) is 6.92 Å². The number of esters is 1. The molecule has 0 radical (unpaired) electrons. The average molecular weight is 197 g/mol. The Labute approximate surface area is 82.2 Å². The van der Waals surface area contributed by atoms with Gasteiger partial charge < -0.3 is 14.6 Å². The second kappa shape index (κ2) is 2.49. The van der Waals surface area contributed by atoms with Crippen LogP contribution in [-0.2, 0) is 14.3 Å². The Kier molecular flexibility index (Phi) is 1.69. The Hall–Kier alpha value is -1.06. The number of carboxylic acids is 1. The van der Waals surface area contributed by atoms with Crippen LogP contribution < -0.4 is 5.11 Å². The minimum Gasteiger partial charge on any atom is -0.550 e. The molecule has 78 valence electrons. The molecule has 0 amide bonds. The SMILES string of the molecule is C[C@@]12CC[C@H](C(=O)[O-])[C@]1(C)COC2=O. The van der Waals surface area contributed by atoms with E-state index in [9.17, 15) is 14.7 Å². The molecule has 0 bridgehead atoms. The monoisotopic (exact) mass is 197 g/mol. The van der Waals surface area contributed by atoms with Crippen molar-refractivity contribution in [1.82, 2.24) is 0 Å². The van der Waals surface area contributed by atoms with E-state index in [2.05, 4.69) is 0 Å². The van der Waals surface area contributed by atoms with Crippen LogP contribution in [0.3, 0.4) is 0 Å². The van der Waals surface area contributed by atoms with Crippen molar-refractivity contribution in [3.05, 3.63) is 0 Å². The molecule has 1 aliphatic carbocycles. The Balaban J connectivity index is 2.42. The Bertz CT molecular complexity index is 311. The number of carbonyl (C=O) groups excluding carboxylic acids is 2. The molecule has 0 aromatic carbocycles. The summed E-state index contributed by atoms with van der Waals surface area (Å²) in [4.78, 5) is 22.4. The van der Waals surface area contributed by atoms with Gasteiger partial charge in [-0.15, -0.1) is 0 Å². The second-order valence-electron chi connectivity index (χ2n) is 4.74. The molecule has 0 unspecified atom stereocenters. The maximum Gasteiger partial charge on any atom is 0.312 e. The summed E-state index contributed by atoms with van der Waals surface area (Å²) < 4.78 is 4.98. The molecule has 1 heterocycles. The lowest BCUT2D eigenvalue weighted by atomic mass is 9.66. The summed E-state index contributed by atoms with van der Waals surface area (Å²) in [5.74, 6) is -1.88. The third-order valence-electron chi connectivity index (χ3n) is 4.20. The number of cyclic esters (lactones) is 1. The van der Waals surface area contributed by atoms with Crippen LogP contribution in [0.15, 0.2) is 0 Å². The third kappa shape index (κ3) is 0.837. The van der Waals surface area contributed by atoms with Gasteiger partial charge in [0.1, 0.15) is 0 Å². The van der Waals surface area contributed by atoms with E-state index in [4.69, 9.17) is 4.74 Å². The van der Waals surface area contributed by atoms with Crippen LogP contribution >= 0.6 is 0 Å². The van der Waals surface area contributed by atoms with Crippen molar-refractivity contribution in [2.45, 2.75) is 26.7 Å². The molecular weight excluding hydrogens is 184 g/mol. The number of hydrogen-bond acceptors (Lipinski definition) is 4. The zero-order valence-electron chi connectivity index (χ0n) is 8.33. The zero-order valence-corrected chi connectivity index (χ0v) is 8.33. The highest BCUT2D eigenvalue weighted by Gasteiger charge is 2.64. The van der Waals surface area contributed by atoms with Crippen molar-refractivity contribution in [3.63, 3.8) is 0 Å². The summed E-state index contributed by atoms with van der Waals surface area (Å²) >= 11 is 0. The van der Waals surface area contributed by atoms with Crippen molar-refractivity contribution in [1.29, 1.82) is 0 Å². The van der Waals surface area contributed by atoms with Crippen molar-refractivity contribution < 1.29 is 19.4 Å². The lowest BCUT2D eigenvalue weighted by Gasteiger charge is -2.34. The third-order valence-corrected chi connectivity index (χ3v) is 4.20. The molecule has 0 aromatic heterocycles. The van der Waals surface area contributed by atoms with Gasteiger partial charge >= 0.3 is 5.97 Å². The van der Waals surface area contributed by atoms with Gasteiger partial charge in [-0.05, 0) is 19.8 Å². The summed E-state index contributed by atoms with van der Waals surface area (Å²) in [5, 5.41) is 10.9. The number of fused-ring (bicyclic) bond motifs is 1. The van der Waals surface area contributed by atoms with Crippen LogP contribution in [0.2, 0.25) is 0 Å². The standard InChI is InChI=1S/C10H14O4/c1-9-4-3-6(7(11)12)10(9,2)5-14-8(9)13/h6H,3-5H2,1-2H3,(H,11,12)/p-1/t6-,9+,10+/m1/s1. The molecule has 14 heavy (non-hydrogen) atoms. The minimum absolute atomic E-state index is 0.209. The quantitative estimate of drug-likeness (QED) is 0.542. The first-order valence-corrected chi connectivity index (χ1v) is 4.80. The van der Waals surface area contributed by atoms with Crippen LogP contribution in [0.25, 0.3) is 0 Å². The molecule has 0 spiro atoms. The van der Waals surface area contributed by atoms with Crippen LogP contribution in [0.1, 0.15) is 26.7 Å². The molecule has 2 fully saturated rings. The molecule has 2 rings (SSSR count). The van der Waals surface area contributed by atoms with Crippen LogP contribution in [-0.4, -0.2) is 18.5 Å². The van der Waals surface area contributed by atoms with Gasteiger partial charge in [0, 0.05) is 17.3 Å². The van der Waals surface area contributed by atoms with Gasteiger partial charge in [-0.3, -0.25) is 4.79 Å². The molecule has 4 heteroatoms. The van der Waals surface area contributed by atoms with E-state index in [0.717, 1.165) is 0 Å². The maximum absolute atomic E-state index is 11.5. The van der Waals surface area contributed by atoms with E-state index >= 15 is 0 Å². The van der Waals surface area contributed by atoms with Crippen LogP contribution in [0, 0.1) is 16.7 Å². The molecule has 1 aliphatic heterocycles. The van der Waals surface area contributed by atoms with Gasteiger partial charge in [0.05, 0.1) is 12.0 Å². The highest BCUT2D eigenvalue weighted by molar-refractivity contribution is 5.83. The number of rotatable bonds is 1.